The van der Waals surface area contributed by atoms with Gasteiger partial charge in [-0.25, -0.2) is 4.68 Å². The third-order valence-corrected chi connectivity index (χ3v) is 3.82. The van der Waals surface area contributed by atoms with Gasteiger partial charge in [-0.15, -0.1) is 0 Å². The minimum absolute atomic E-state index is 0.205. The number of halogens is 1. The summed E-state index contributed by atoms with van der Waals surface area (Å²) < 4.78 is 1.44. The van der Waals surface area contributed by atoms with Crippen LogP contribution in [0.25, 0.3) is 0 Å². The Morgan fingerprint density at radius 1 is 1.58 bits per heavy atom. The van der Waals surface area contributed by atoms with E-state index in [9.17, 15) is 4.79 Å². The first-order chi connectivity index (χ1) is 9.02. The molecule has 0 amide bonds. The summed E-state index contributed by atoms with van der Waals surface area (Å²) in [6, 6.07) is 0. The van der Waals surface area contributed by atoms with E-state index < -0.39 is 0 Å². The van der Waals surface area contributed by atoms with Crippen LogP contribution in [0.1, 0.15) is 20.3 Å². The lowest BCUT2D eigenvalue weighted by Gasteiger charge is -2.20. The molecule has 106 valence electrons. The zero-order valence-electron chi connectivity index (χ0n) is 11.5. The quantitative estimate of drug-likeness (QED) is 0.906. The Kier molecular flexibility index (Phi) is 4.47. The number of aromatic nitrogens is 2. The van der Waals surface area contributed by atoms with Crippen molar-refractivity contribution in [3.63, 3.8) is 0 Å². The Hall–Kier alpha value is -1.07. The molecular weight excluding hydrogens is 264 g/mol. The summed E-state index contributed by atoms with van der Waals surface area (Å²) in [6.45, 7) is 7.09. The van der Waals surface area contributed by atoms with Gasteiger partial charge in [0.05, 0.1) is 11.9 Å². The Bertz CT molecular complexity index is 500. The molecule has 19 heavy (non-hydrogen) atoms. The number of hydrogen-bond donors (Lipinski definition) is 1. The highest BCUT2D eigenvalue weighted by molar-refractivity contribution is 6.33. The zero-order chi connectivity index (χ0) is 14.0. The maximum absolute atomic E-state index is 12.1. The van der Waals surface area contributed by atoms with Crippen molar-refractivity contribution in [1.82, 2.24) is 9.78 Å². The molecule has 0 saturated carbocycles. The van der Waals surface area contributed by atoms with Gasteiger partial charge in [0.25, 0.3) is 5.56 Å². The molecule has 1 saturated heterocycles. The van der Waals surface area contributed by atoms with Gasteiger partial charge in [-0.1, -0.05) is 25.4 Å². The summed E-state index contributed by atoms with van der Waals surface area (Å²) in [7, 11) is 0. The fraction of sp³-hybridized carbons (Fsp3) is 0.692. The lowest BCUT2D eigenvalue weighted by atomic mass is 10.1. The van der Waals surface area contributed by atoms with Gasteiger partial charge in [0, 0.05) is 19.6 Å². The molecule has 1 aromatic rings. The van der Waals surface area contributed by atoms with Gasteiger partial charge in [-0.3, -0.25) is 4.79 Å². The molecule has 2 N–H and O–H groups in total. The van der Waals surface area contributed by atoms with E-state index in [1.807, 2.05) is 13.8 Å². The van der Waals surface area contributed by atoms with E-state index in [1.165, 1.54) is 4.68 Å². The normalized spacial score (nSPS) is 19.4. The van der Waals surface area contributed by atoms with E-state index in [4.69, 9.17) is 17.3 Å². The fourth-order valence-electron chi connectivity index (χ4n) is 2.40. The molecule has 0 radical (unpaired) electrons. The van der Waals surface area contributed by atoms with Crippen molar-refractivity contribution in [2.75, 3.05) is 24.5 Å². The van der Waals surface area contributed by atoms with Gasteiger partial charge >= 0.3 is 0 Å². The summed E-state index contributed by atoms with van der Waals surface area (Å²) in [5.74, 6) is 0.842. The van der Waals surface area contributed by atoms with Crippen LogP contribution in [0.2, 0.25) is 5.02 Å². The molecule has 0 spiro atoms. The second-order valence-electron chi connectivity index (χ2n) is 5.56. The van der Waals surface area contributed by atoms with Crippen molar-refractivity contribution in [3.05, 3.63) is 21.6 Å². The molecule has 1 aromatic heterocycles. The summed E-state index contributed by atoms with van der Waals surface area (Å²) in [6.07, 6.45) is 2.74. The fourth-order valence-corrected chi connectivity index (χ4v) is 2.66. The highest BCUT2D eigenvalue weighted by Crippen LogP contribution is 2.27. The molecule has 2 rings (SSSR count). The van der Waals surface area contributed by atoms with Crippen LogP contribution >= 0.6 is 11.6 Å². The van der Waals surface area contributed by atoms with Gasteiger partial charge in [-0.05, 0) is 24.8 Å². The Balaban J connectivity index is 2.24. The maximum atomic E-state index is 12.1. The van der Waals surface area contributed by atoms with E-state index in [2.05, 4.69) is 10.00 Å². The third-order valence-electron chi connectivity index (χ3n) is 3.46. The van der Waals surface area contributed by atoms with Gasteiger partial charge in [0.2, 0.25) is 0 Å². The maximum Gasteiger partial charge on any atom is 0.287 e. The average Bonchev–Trinajstić information content (AvgIpc) is 2.83. The topological polar surface area (TPSA) is 64.2 Å². The van der Waals surface area contributed by atoms with Crippen LogP contribution in [0, 0.1) is 11.8 Å². The molecule has 6 heteroatoms. The lowest BCUT2D eigenvalue weighted by molar-refractivity contribution is 0.463. The molecule has 0 aliphatic carbocycles. The van der Waals surface area contributed by atoms with Crippen molar-refractivity contribution in [2.45, 2.75) is 26.8 Å². The second-order valence-corrected chi connectivity index (χ2v) is 5.94. The van der Waals surface area contributed by atoms with Crippen LogP contribution in [-0.4, -0.2) is 29.4 Å². The number of rotatable bonds is 4. The standard InChI is InChI=1S/C13H21ClN4O/c1-9(2)7-18-13(19)12(14)11(6-16-18)17-4-3-10(5-15)8-17/h6,9-10H,3-5,7-8,15H2,1-2H3. The molecule has 1 aliphatic rings. The predicted octanol–water partition coefficient (Wildman–Crippen LogP) is 1.34. The van der Waals surface area contributed by atoms with Crippen LogP contribution < -0.4 is 16.2 Å². The summed E-state index contributed by atoms with van der Waals surface area (Å²) in [5, 5.41) is 4.49. The van der Waals surface area contributed by atoms with Crippen molar-refractivity contribution >= 4 is 17.3 Å². The minimum Gasteiger partial charge on any atom is -0.369 e. The van der Waals surface area contributed by atoms with Gasteiger partial charge in [0.15, 0.2) is 0 Å². The first-order valence-electron chi connectivity index (χ1n) is 6.73. The summed E-state index contributed by atoms with van der Waals surface area (Å²) in [4.78, 5) is 14.3. The Morgan fingerprint density at radius 3 is 2.89 bits per heavy atom. The molecule has 1 atom stereocenters. The molecule has 5 nitrogen and oxygen atoms in total. The van der Waals surface area contributed by atoms with E-state index in [0.29, 0.717) is 24.9 Å². The van der Waals surface area contributed by atoms with E-state index in [0.717, 1.165) is 25.2 Å². The van der Waals surface area contributed by atoms with Crippen molar-refractivity contribution in [1.29, 1.82) is 0 Å². The number of nitrogens with two attached hydrogens (primary N) is 1. The Labute approximate surface area is 118 Å². The number of anilines is 1. The van der Waals surface area contributed by atoms with E-state index in [-0.39, 0.29) is 10.6 Å². The molecule has 1 aliphatic heterocycles. The minimum atomic E-state index is -0.205. The summed E-state index contributed by atoms with van der Waals surface area (Å²) in [5.41, 5.74) is 6.21. The summed E-state index contributed by atoms with van der Waals surface area (Å²) >= 11 is 6.21. The first kappa shape index (κ1) is 14.3. The van der Waals surface area contributed by atoms with E-state index >= 15 is 0 Å². The highest BCUT2D eigenvalue weighted by Gasteiger charge is 2.24. The van der Waals surface area contributed by atoms with Crippen LogP contribution in [-0.2, 0) is 6.54 Å². The molecule has 1 unspecified atom stereocenters. The highest BCUT2D eigenvalue weighted by atomic mass is 35.5. The smallest absolute Gasteiger partial charge is 0.287 e. The SMILES string of the molecule is CC(C)Cn1ncc(N2CCC(CN)C2)c(Cl)c1=O. The zero-order valence-corrected chi connectivity index (χ0v) is 12.2. The monoisotopic (exact) mass is 284 g/mol. The van der Waals surface area contributed by atoms with Gasteiger partial charge < -0.3 is 10.6 Å². The van der Waals surface area contributed by atoms with Crippen LogP contribution in [0.4, 0.5) is 5.69 Å². The van der Waals surface area contributed by atoms with Gasteiger partial charge in [-0.2, -0.15) is 5.10 Å². The first-order valence-corrected chi connectivity index (χ1v) is 7.11. The van der Waals surface area contributed by atoms with Crippen LogP contribution in [0.15, 0.2) is 11.0 Å². The van der Waals surface area contributed by atoms with Crippen molar-refractivity contribution in [3.8, 4) is 0 Å². The third kappa shape index (κ3) is 3.09. The lowest BCUT2D eigenvalue weighted by Crippen LogP contribution is -2.29. The second kappa shape index (κ2) is 5.92. The largest absolute Gasteiger partial charge is 0.369 e. The molecular formula is C13H21ClN4O. The number of hydrogen-bond acceptors (Lipinski definition) is 4. The molecule has 0 aromatic carbocycles. The van der Waals surface area contributed by atoms with Crippen molar-refractivity contribution < 1.29 is 0 Å². The van der Waals surface area contributed by atoms with E-state index in [1.54, 1.807) is 6.20 Å². The molecule has 2 heterocycles. The average molecular weight is 285 g/mol. The molecule has 0 bridgehead atoms. The van der Waals surface area contributed by atoms with Gasteiger partial charge in [0.1, 0.15) is 5.02 Å². The predicted molar refractivity (Wildman–Crippen MR) is 77.7 cm³/mol. The number of nitrogens with zero attached hydrogens (tertiary/aromatic N) is 3. The molecule has 1 fully saturated rings. The van der Waals surface area contributed by atoms with Crippen LogP contribution in [0.5, 0.6) is 0 Å². The van der Waals surface area contributed by atoms with Crippen LogP contribution in [0.3, 0.4) is 0 Å². The Morgan fingerprint density at radius 2 is 2.32 bits per heavy atom. The van der Waals surface area contributed by atoms with Crippen molar-refractivity contribution in [2.24, 2.45) is 17.6 Å².